The first kappa shape index (κ1) is 14.8. The molecule has 0 saturated carbocycles. The van der Waals surface area contributed by atoms with Gasteiger partial charge in [0.25, 0.3) is 10.0 Å². The Morgan fingerprint density at radius 1 is 1.33 bits per heavy atom. The van der Waals surface area contributed by atoms with Gasteiger partial charge in [0, 0.05) is 18.5 Å². The second kappa shape index (κ2) is 5.80. The summed E-state index contributed by atoms with van der Waals surface area (Å²) in [5.74, 6) is -1.09. The van der Waals surface area contributed by atoms with E-state index in [2.05, 4.69) is 9.71 Å². The number of anilines is 1. The van der Waals surface area contributed by atoms with Gasteiger partial charge in [0.2, 0.25) is 0 Å². The highest BCUT2D eigenvalue weighted by atomic mass is 32.2. The minimum atomic E-state index is -3.79. The van der Waals surface area contributed by atoms with Crippen molar-refractivity contribution in [3.8, 4) is 5.75 Å². The number of carboxylic acid groups (broad SMARTS) is 1. The van der Waals surface area contributed by atoms with Crippen LogP contribution in [-0.4, -0.2) is 31.6 Å². The molecule has 0 aliphatic rings. The fraction of sp³-hybridized carbons (Fsp3) is 0.0769. The van der Waals surface area contributed by atoms with Crippen molar-refractivity contribution >= 4 is 21.7 Å². The number of methoxy groups -OCH3 is 1. The number of sulfonamides is 1. The molecule has 1 heterocycles. The molecule has 110 valence electrons. The molecule has 0 spiro atoms. The van der Waals surface area contributed by atoms with Gasteiger partial charge in [0.1, 0.15) is 16.2 Å². The second-order valence-corrected chi connectivity index (χ2v) is 5.70. The van der Waals surface area contributed by atoms with E-state index in [0.717, 1.165) is 0 Å². The van der Waals surface area contributed by atoms with Crippen LogP contribution in [0.25, 0.3) is 0 Å². The molecular formula is C13H12N2O5S. The number of ether oxygens (including phenoxy) is 1. The lowest BCUT2D eigenvalue weighted by Gasteiger charge is -2.10. The molecular weight excluding hydrogens is 296 g/mol. The van der Waals surface area contributed by atoms with E-state index in [1.54, 1.807) is 0 Å². The van der Waals surface area contributed by atoms with Gasteiger partial charge in [-0.25, -0.2) is 13.2 Å². The highest BCUT2D eigenvalue weighted by Crippen LogP contribution is 2.24. The third-order valence-electron chi connectivity index (χ3n) is 2.63. The molecule has 0 aliphatic carbocycles. The zero-order valence-corrected chi connectivity index (χ0v) is 11.8. The Morgan fingerprint density at radius 3 is 2.67 bits per heavy atom. The number of aromatic carboxylic acids is 1. The smallest absolute Gasteiger partial charge is 0.339 e. The fourth-order valence-corrected chi connectivity index (χ4v) is 2.66. The quantitative estimate of drug-likeness (QED) is 0.869. The second-order valence-electron chi connectivity index (χ2n) is 4.01. The average Bonchev–Trinajstić information content (AvgIpc) is 2.47. The van der Waals surface area contributed by atoms with E-state index in [4.69, 9.17) is 9.84 Å². The summed E-state index contributed by atoms with van der Waals surface area (Å²) in [6.07, 6.45) is 2.68. The molecule has 0 bridgehead atoms. The third-order valence-corrected chi connectivity index (χ3v) is 4.00. The van der Waals surface area contributed by atoms with Gasteiger partial charge in [-0.15, -0.1) is 0 Å². The molecule has 1 aromatic carbocycles. The molecule has 21 heavy (non-hydrogen) atoms. The van der Waals surface area contributed by atoms with Crippen LogP contribution in [0.2, 0.25) is 0 Å². The lowest BCUT2D eigenvalue weighted by molar-refractivity contribution is 0.0693. The standard InChI is InChI=1S/C13H12N2O5S/c1-20-12-7-9(4-5-11(12)13(16)17)15-21(18,19)10-3-2-6-14-8-10/h2-8,15H,1H3,(H,16,17). The van der Waals surface area contributed by atoms with Gasteiger partial charge in [-0.05, 0) is 24.3 Å². The Labute approximate surface area is 121 Å². The van der Waals surface area contributed by atoms with Crippen LogP contribution in [0.4, 0.5) is 5.69 Å². The maximum Gasteiger partial charge on any atom is 0.339 e. The van der Waals surface area contributed by atoms with Crippen LogP contribution in [0.3, 0.4) is 0 Å². The van der Waals surface area contributed by atoms with Crippen LogP contribution in [0.1, 0.15) is 10.4 Å². The van der Waals surface area contributed by atoms with Crippen molar-refractivity contribution in [3.05, 3.63) is 48.3 Å². The van der Waals surface area contributed by atoms with Crippen LogP contribution < -0.4 is 9.46 Å². The van der Waals surface area contributed by atoms with Gasteiger partial charge < -0.3 is 9.84 Å². The SMILES string of the molecule is COc1cc(NS(=O)(=O)c2cccnc2)ccc1C(=O)O. The summed E-state index contributed by atoms with van der Waals surface area (Å²) in [5, 5.41) is 8.97. The first-order valence-corrected chi connectivity index (χ1v) is 7.26. The summed E-state index contributed by atoms with van der Waals surface area (Å²) in [7, 11) is -2.48. The van der Waals surface area contributed by atoms with E-state index in [0.29, 0.717) is 0 Å². The van der Waals surface area contributed by atoms with E-state index in [9.17, 15) is 13.2 Å². The largest absolute Gasteiger partial charge is 0.496 e. The molecule has 2 rings (SSSR count). The summed E-state index contributed by atoms with van der Waals surface area (Å²) >= 11 is 0. The van der Waals surface area contributed by atoms with Crippen LogP contribution >= 0.6 is 0 Å². The van der Waals surface area contributed by atoms with E-state index in [1.165, 1.54) is 49.8 Å². The minimum Gasteiger partial charge on any atom is -0.496 e. The summed E-state index contributed by atoms with van der Waals surface area (Å²) in [6, 6.07) is 6.82. The molecule has 0 atom stereocenters. The van der Waals surface area contributed by atoms with Crippen LogP contribution in [-0.2, 0) is 10.0 Å². The Bertz CT molecular complexity index is 759. The number of rotatable bonds is 5. The number of pyridine rings is 1. The van der Waals surface area contributed by atoms with Crippen molar-refractivity contribution in [3.63, 3.8) is 0 Å². The fourth-order valence-electron chi connectivity index (χ4n) is 1.65. The summed E-state index contributed by atoms with van der Waals surface area (Å²) in [4.78, 5) is 14.7. The summed E-state index contributed by atoms with van der Waals surface area (Å²) in [5.41, 5.74) is 0.141. The van der Waals surface area contributed by atoms with Gasteiger partial charge in [0.05, 0.1) is 12.8 Å². The molecule has 1 aromatic heterocycles. The van der Waals surface area contributed by atoms with Crippen LogP contribution in [0.15, 0.2) is 47.6 Å². The number of hydrogen-bond acceptors (Lipinski definition) is 5. The van der Waals surface area contributed by atoms with Crippen molar-refractivity contribution in [2.75, 3.05) is 11.8 Å². The Hall–Kier alpha value is -2.61. The lowest BCUT2D eigenvalue weighted by atomic mass is 10.2. The molecule has 0 fully saturated rings. The monoisotopic (exact) mass is 308 g/mol. The predicted octanol–water partition coefficient (Wildman–Crippen LogP) is 1.59. The summed E-state index contributed by atoms with van der Waals surface area (Å²) in [6.45, 7) is 0. The minimum absolute atomic E-state index is 0.00581. The number of nitrogens with one attached hydrogen (secondary N) is 1. The van der Waals surface area contributed by atoms with Crippen molar-refractivity contribution < 1.29 is 23.1 Å². The third kappa shape index (κ3) is 3.29. The van der Waals surface area contributed by atoms with Gasteiger partial charge in [-0.2, -0.15) is 0 Å². The molecule has 2 N–H and O–H groups in total. The van der Waals surface area contributed by atoms with E-state index in [1.807, 2.05) is 0 Å². The average molecular weight is 308 g/mol. The van der Waals surface area contributed by atoms with Crippen molar-refractivity contribution in [2.24, 2.45) is 0 Å². The first-order chi connectivity index (χ1) is 9.94. The maximum atomic E-state index is 12.1. The highest BCUT2D eigenvalue weighted by Gasteiger charge is 2.16. The van der Waals surface area contributed by atoms with Gasteiger partial charge >= 0.3 is 5.97 Å². The molecule has 2 aromatic rings. The molecule has 0 radical (unpaired) electrons. The Kier molecular flexibility index (Phi) is 4.08. The topological polar surface area (TPSA) is 106 Å². The van der Waals surface area contributed by atoms with Gasteiger partial charge in [-0.1, -0.05) is 0 Å². The maximum absolute atomic E-state index is 12.1. The lowest BCUT2D eigenvalue weighted by Crippen LogP contribution is -2.13. The Morgan fingerprint density at radius 2 is 2.10 bits per heavy atom. The zero-order valence-electron chi connectivity index (χ0n) is 11.0. The predicted molar refractivity (Wildman–Crippen MR) is 75.0 cm³/mol. The molecule has 0 aliphatic heterocycles. The molecule has 0 unspecified atom stereocenters. The zero-order chi connectivity index (χ0) is 15.5. The summed E-state index contributed by atoms with van der Waals surface area (Å²) < 4.78 is 31.5. The highest BCUT2D eigenvalue weighted by molar-refractivity contribution is 7.92. The van der Waals surface area contributed by atoms with E-state index >= 15 is 0 Å². The van der Waals surface area contributed by atoms with Crippen LogP contribution in [0, 0.1) is 0 Å². The normalized spacial score (nSPS) is 10.9. The molecule has 0 saturated heterocycles. The van der Waals surface area contributed by atoms with Crippen molar-refractivity contribution in [2.45, 2.75) is 4.90 Å². The van der Waals surface area contributed by atoms with Gasteiger partial charge in [-0.3, -0.25) is 9.71 Å². The number of aromatic nitrogens is 1. The number of nitrogens with zero attached hydrogens (tertiary/aromatic N) is 1. The van der Waals surface area contributed by atoms with Crippen LogP contribution in [0.5, 0.6) is 5.75 Å². The van der Waals surface area contributed by atoms with Crippen molar-refractivity contribution in [1.29, 1.82) is 0 Å². The molecule has 0 amide bonds. The first-order valence-electron chi connectivity index (χ1n) is 5.78. The number of carboxylic acids is 1. The van der Waals surface area contributed by atoms with E-state index < -0.39 is 16.0 Å². The number of carbonyl (C=O) groups is 1. The molecule has 8 heteroatoms. The number of benzene rings is 1. The molecule has 7 nitrogen and oxygen atoms in total. The van der Waals surface area contributed by atoms with E-state index in [-0.39, 0.29) is 21.9 Å². The number of hydrogen-bond donors (Lipinski definition) is 2. The Balaban J connectivity index is 2.34. The van der Waals surface area contributed by atoms with Gasteiger partial charge in [0.15, 0.2) is 0 Å². The van der Waals surface area contributed by atoms with Crippen molar-refractivity contribution in [1.82, 2.24) is 4.98 Å².